The van der Waals surface area contributed by atoms with Gasteiger partial charge >= 0.3 is 5.97 Å². The van der Waals surface area contributed by atoms with E-state index in [1.54, 1.807) is 7.11 Å². The molecule has 1 aliphatic rings. The average Bonchev–Trinajstić information content (AvgIpc) is 2.73. The zero-order chi connectivity index (χ0) is 12.7. The van der Waals surface area contributed by atoms with Crippen molar-refractivity contribution in [3.05, 3.63) is 0 Å². The van der Waals surface area contributed by atoms with Crippen LogP contribution in [0.5, 0.6) is 0 Å². The summed E-state index contributed by atoms with van der Waals surface area (Å²) in [6.45, 7) is 3.71. The molecule has 0 spiro atoms. The molecule has 6 heteroatoms. The molecule has 1 N–H and O–H groups in total. The third kappa shape index (κ3) is 5.14. The van der Waals surface area contributed by atoms with E-state index in [1.165, 1.54) is 0 Å². The first-order valence-electron chi connectivity index (χ1n) is 5.80. The number of aliphatic carboxylic acids is 1. The minimum absolute atomic E-state index is 0.00464. The number of rotatable bonds is 8. The molecule has 0 bridgehead atoms. The van der Waals surface area contributed by atoms with Crippen molar-refractivity contribution in [3.8, 4) is 0 Å². The fourth-order valence-corrected chi connectivity index (χ4v) is 1.73. The summed E-state index contributed by atoms with van der Waals surface area (Å²) in [6, 6.07) is 0. The number of oxime groups is 1. The van der Waals surface area contributed by atoms with Crippen LogP contribution in [0.3, 0.4) is 0 Å². The van der Waals surface area contributed by atoms with Crippen molar-refractivity contribution in [2.75, 3.05) is 33.4 Å². The second kappa shape index (κ2) is 7.24. The molecule has 0 aliphatic carbocycles. The standard InChI is InChI=1S/C11H20N2O4/c1-3-9-6-10(17-12-9)7-13(4-5-16-2)8-11(14)15/h10H,3-8H2,1-2H3,(H,14,15). The molecular weight excluding hydrogens is 224 g/mol. The van der Waals surface area contributed by atoms with Crippen molar-refractivity contribution in [1.82, 2.24) is 4.90 Å². The first kappa shape index (κ1) is 13.9. The molecule has 1 heterocycles. The van der Waals surface area contributed by atoms with Crippen LogP contribution in [-0.4, -0.2) is 61.1 Å². The molecule has 0 fully saturated rings. The summed E-state index contributed by atoms with van der Waals surface area (Å²) in [5.41, 5.74) is 1.04. The summed E-state index contributed by atoms with van der Waals surface area (Å²) in [6.07, 6.45) is 1.65. The Balaban J connectivity index is 2.35. The van der Waals surface area contributed by atoms with Gasteiger partial charge < -0.3 is 14.7 Å². The zero-order valence-corrected chi connectivity index (χ0v) is 10.4. The molecule has 6 nitrogen and oxygen atoms in total. The van der Waals surface area contributed by atoms with Crippen LogP contribution in [0.1, 0.15) is 19.8 Å². The van der Waals surface area contributed by atoms with Gasteiger partial charge in [0.2, 0.25) is 0 Å². The van der Waals surface area contributed by atoms with Crippen LogP contribution in [-0.2, 0) is 14.4 Å². The van der Waals surface area contributed by atoms with E-state index in [-0.39, 0.29) is 12.6 Å². The molecular formula is C11H20N2O4. The maximum absolute atomic E-state index is 10.7. The lowest BCUT2D eigenvalue weighted by Crippen LogP contribution is -2.38. The van der Waals surface area contributed by atoms with E-state index in [9.17, 15) is 4.79 Å². The van der Waals surface area contributed by atoms with E-state index in [0.29, 0.717) is 19.7 Å². The molecule has 98 valence electrons. The molecule has 0 saturated carbocycles. The number of carboxylic acids is 1. The first-order valence-corrected chi connectivity index (χ1v) is 5.80. The molecule has 0 radical (unpaired) electrons. The number of nitrogens with zero attached hydrogens (tertiary/aromatic N) is 2. The van der Waals surface area contributed by atoms with E-state index in [1.807, 2.05) is 11.8 Å². The maximum atomic E-state index is 10.7. The molecule has 1 unspecified atom stereocenters. The normalized spacial score (nSPS) is 19.2. The number of hydrogen-bond donors (Lipinski definition) is 1. The second-order valence-electron chi connectivity index (χ2n) is 4.06. The number of methoxy groups -OCH3 is 1. The first-order chi connectivity index (χ1) is 8.15. The highest BCUT2D eigenvalue weighted by Gasteiger charge is 2.23. The van der Waals surface area contributed by atoms with Gasteiger partial charge in [0.05, 0.1) is 18.9 Å². The summed E-state index contributed by atoms with van der Waals surface area (Å²) in [5, 5.41) is 12.8. The number of ether oxygens (including phenoxy) is 1. The fourth-order valence-electron chi connectivity index (χ4n) is 1.73. The molecule has 17 heavy (non-hydrogen) atoms. The molecule has 0 aromatic carbocycles. The average molecular weight is 244 g/mol. The summed E-state index contributed by atoms with van der Waals surface area (Å²) in [4.78, 5) is 17.8. The minimum Gasteiger partial charge on any atom is -0.480 e. The van der Waals surface area contributed by atoms with Gasteiger partial charge in [-0.3, -0.25) is 9.69 Å². The maximum Gasteiger partial charge on any atom is 0.317 e. The fraction of sp³-hybridized carbons (Fsp3) is 0.818. The Bertz CT molecular complexity index is 281. The summed E-state index contributed by atoms with van der Waals surface area (Å²) >= 11 is 0. The molecule has 0 aromatic rings. The minimum atomic E-state index is -0.837. The van der Waals surface area contributed by atoms with Gasteiger partial charge in [-0.15, -0.1) is 0 Å². The van der Waals surface area contributed by atoms with E-state index in [0.717, 1.165) is 18.6 Å². The van der Waals surface area contributed by atoms with Gasteiger partial charge in [-0.1, -0.05) is 12.1 Å². The Morgan fingerprint density at radius 1 is 1.71 bits per heavy atom. The van der Waals surface area contributed by atoms with Crippen LogP contribution in [0.25, 0.3) is 0 Å². The smallest absolute Gasteiger partial charge is 0.317 e. The Kier molecular flexibility index (Phi) is 5.93. The largest absolute Gasteiger partial charge is 0.480 e. The Labute approximate surface area is 101 Å². The topological polar surface area (TPSA) is 71.4 Å². The molecule has 0 saturated heterocycles. The SMILES string of the molecule is CCC1=NOC(CN(CCOC)CC(=O)O)C1. The molecule has 1 aliphatic heterocycles. The van der Waals surface area contributed by atoms with Gasteiger partial charge in [0.1, 0.15) is 6.10 Å². The van der Waals surface area contributed by atoms with Gasteiger partial charge in [-0.2, -0.15) is 0 Å². The van der Waals surface area contributed by atoms with Crippen LogP contribution in [0.4, 0.5) is 0 Å². The van der Waals surface area contributed by atoms with Crippen molar-refractivity contribution in [2.24, 2.45) is 5.16 Å². The molecule has 1 atom stereocenters. The highest BCUT2D eigenvalue weighted by molar-refractivity contribution is 5.85. The van der Waals surface area contributed by atoms with Gasteiger partial charge in [-0.05, 0) is 6.42 Å². The lowest BCUT2D eigenvalue weighted by Gasteiger charge is -2.22. The molecule has 0 amide bonds. The monoisotopic (exact) mass is 244 g/mol. The van der Waals surface area contributed by atoms with Crippen molar-refractivity contribution in [1.29, 1.82) is 0 Å². The van der Waals surface area contributed by atoms with Crippen LogP contribution in [0.2, 0.25) is 0 Å². The summed E-state index contributed by atoms with van der Waals surface area (Å²) in [7, 11) is 1.60. The second-order valence-corrected chi connectivity index (χ2v) is 4.06. The predicted octanol–water partition coefficient (Wildman–Crippen LogP) is 0.574. The molecule has 1 rings (SSSR count). The van der Waals surface area contributed by atoms with Crippen LogP contribution >= 0.6 is 0 Å². The van der Waals surface area contributed by atoms with Gasteiger partial charge in [0.25, 0.3) is 0 Å². The Morgan fingerprint density at radius 3 is 3.00 bits per heavy atom. The Hall–Kier alpha value is -1.14. The van der Waals surface area contributed by atoms with Crippen LogP contribution < -0.4 is 0 Å². The van der Waals surface area contributed by atoms with E-state index < -0.39 is 5.97 Å². The third-order valence-electron chi connectivity index (χ3n) is 2.63. The van der Waals surface area contributed by atoms with Gasteiger partial charge in [-0.25, -0.2) is 0 Å². The van der Waals surface area contributed by atoms with E-state index in [2.05, 4.69) is 5.16 Å². The summed E-state index contributed by atoms with van der Waals surface area (Å²) < 4.78 is 4.96. The molecule has 0 aromatic heterocycles. The number of hydrogen-bond acceptors (Lipinski definition) is 5. The van der Waals surface area contributed by atoms with Crippen LogP contribution in [0, 0.1) is 0 Å². The highest BCUT2D eigenvalue weighted by atomic mass is 16.6. The van der Waals surface area contributed by atoms with Crippen molar-refractivity contribution in [3.63, 3.8) is 0 Å². The van der Waals surface area contributed by atoms with Crippen molar-refractivity contribution in [2.45, 2.75) is 25.9 Å². The van der Waals surface area contributed by atoms with E-state index in [4.69, 9.17) is 14.7 Å². The Morgan fingerprint density at radius 2 is 2.47 bits per heavy atom. The third-order valence-corrected chi connectivity index (χ3v) is 2.63. The quantitative estimate of drug-likeness (QED) is 0.676. The lowest BCUT2D eigenvalue weighted by molar-refractivity contribution is -0.138. The van der Waals surface area contributed by atoms with Crippen LogP contribution in [0.15, 0.2) is 5.16 Å². The summed E-state index contributed by atoms with van der Waals surface area (Å²) in [5.74, 6) is -0.837. The lowest BCUT2D eigenvalue weighted by atomic mass is 10.1. The van der Waals surface area contributed by atoms with Crippen molar-refractivity contribution < 1.29 is 19.5 Å². The highest BCUT2D eigenvalue weighted by Crippen LogP contribution is 2.13. The zero-order valence-electron chi connectivity index (χ0n) is 10.4. The number of carboxylic acid groups (broad SMARTS) is 1. The van der Waals surface area contributed by atoms with Crippen molar-refractivity contribution >= 4 is 11.7 Å². The van der Waals surface area contributed by atoms with E-state index >= 15 is 0 Å². The van der Waals surface area contributed by atoms with Gasteiger partial charge in [0, 0.05) is 26.6 Å². The number of carbonyl (C=O) groups is 1. The van der Waals surface area contributed by atoms with Gasteiger partial charge in [0.15, 0.2) is 0 Å². The predicted molar refractivity (Wildman–Crippen MR) is 63.2 cm³/mol.